The first-order valence-corrected chi connectivity index (χ1v) is 4.49. The lowest BCUT2D eigenvalue weighted by atomic mass is 10.3. The molecule has 1 fully saturated rings. The highest BCUT2D eigenvalue weighted by Crippen LogP contribution is 2.30. The maximum absolute atomic E-state index is 11.4. The van der Waals surface area contributed by atoms with Gasteiger partial charge in [0, 0.05) is 23.5 Å². The van der Waals surface area contributed by atoms with Crippen LogP contribution in [0.15, 0.2) is 18.3 Å². The molecule has 0 saturated heterocycles. The number of pyridine rings is 1. The third-order valence-electron chi connectivity index (χ3n) is 2.11. The maximum Gasteiger partial charge on any atom is 0.227 e. The van der Waals surface area contributed by atoms with E-state index in [0.717, 1.165) is 24.2 Å². The van der Waals surface area contributed by atoms with Gasteiger partial charge in [-0.3, -0.25) is 9.78 Å². The van der Waals surface area contributed by atoms with E-state index in [2.05, 4.69) is 10.3 Å². The molecule has 1 amide bonds. The van der Waals surface area contributed by atoms with E-state index in [-0.39, 0.29) is 11.8 Å². The van der Waals surface area contributed by atoms with Crippen LogP contribution in [0.3, 0.4) is 0 Å². The average molecular weight is 176 g/mol. The first-order chi connectivity index (χ1) is 6.25. The van der Waals surface area contributed by atoms with Gasteiger partial charge in [-0.15, -0.1) is 0 Å². The molecular weight excluding hydrogens is 164 g/mol. The van der Waals surface area contributed by atoms with Crippen molar-refractivity contribution >= 4 is 11.6 Å². The SMILES string of the molecule is Cc1cc(NC(=O)C2CC2)ccn1. The van der Waals surface area contributed by atoms with E-state index >= 15 is 0 Å². The fourth-order valence-corrected chi connectivity index (χ4v) is 1.21. The predicted octanol–water partition coefficient (Wildman–Crippen LogP) is 1.74. The van der Waals surface area contributed by atoms with Crippen molar-refractivity contribution in [3.05, 3.63) is 24.0 Å². The molecule has 0 atom stereocenters. The quantitative estimate of drug-likeness (QED) is 0.745. The minimum atomic E-state index is 0.144. The van der Waals surface area contributed by atoms with Crippen LogP contribution in [0.5, 0.6) is 0 Å². The molecule has 1 aliphatic carbocycles. The number of carbonyl (C=O) groups is 1. The standard InChI is InChI=1S/C10H12N2O/c1-7-6-9(4-5-11-7)12-10(13)8-2-3-8/h4-6,8H,2-3H2,1H3,(H,11,12,13). The molecule has 68 valence electrons. The van der Waals surface area contributed by atoms with Crippen molar-refractivity contribution in [3.63, 3.8) is 0 Å². The maximum atomic E-state index is 11.4. The molecule has 0 radical (unpaired) electrons. The van der Waals surface area contributed by atoms with E-state index in [4.69, 9.17) is 0 Å². The molecule has 1 aromatic heterocycles. The number of hydrogen-bond donors (Lipinski definition) is 1. The topological polar surface area (TPSA) is 42.0 Å². The van der Waals surface area contributed by atoms with E-state index < -0.39 is 0 Å². The number of aromatic nitrogens is 1. The summed E-state index contributed by atoms with van der Waals surface area (Å²) in [6.07, 6.45) is 3.78. The van der Waals surface area contributed by atoms with Crippen LogP contribution >= 0.6 is 0 Å². The Morgan fingerprint density at radius 1 is 1.62 bits per heavy atom. The van der Waals surface area contributed by atoms with E-state index in [1.807, 2.05) is 19.1 Å². The molecule has 3 nitrogen and oxygen atoms in total. The second kappa shape index (κ2) is 3.17. The second-order valence-electron chi connectivity index (χ2n) is 3.45. The van der Waals surface area contributed by atoms with Crippen molar-refractivity contribution in [1.29, 1.82) is 0 Å². The fraction of sp³-hybridized carbons (Fsp3) is 0.400. The van der Waals surface area contributed by atoms with Crippen LogP contribution in [-0.2, 0) is 4.79 Å². The average Bonchev–Trinajstić information content (AvgIpc) is 2.85. The summed E-state index contributed by atoms with van der Waals surface area (Å²) in [4.78, 5) is 15.4. The molecule has 0 aliphatic heterocycles. The van der Waals surface area contributed by atoms with Gasteiger partial charge in [-0.2, -0.15) is 0 Å². The van der Waals surface area contributed by atoms with E-state index in [0.29, 0.717) is 0 Å². The number of nitrogens with zero attached hydrogens (tertiary/aromatic N) is 1. The molecular formula is C10H12N2O. The van der Waals surface area contributed by atoms with Gasteiger partial charge in [0.05, 0.1) is 0 Å². The Labute approximate surface area is 77.2 Å². The Kier molecular flexibility index (Phi) is 2.00. The molecule has 2 rings (SSSR count). The Bertz CT molecular complexity index is 331. The molecule has 1 aromatic rings. The van der Waals surface area contributed by atoms with Crippen molar-refractivity contribution in [2.24, 2.45) is 5.92 Å². The number of anilines is 1. The zero-order valence-electron chi connectivity index (χ0n) is 7.58. The minimum absolute atomic E-state index is 0.144. The van der Waals surface area contributed by atoms with Crippen LogP contribution < -0.4 is 5.32 Å². The molecule has 0 bridgehead atoms. The van der Waals surface area contributed by atoms with Crippen LogP contribution in [0.2, 0.25) is 0 Å². The van der Waals surface area contributed by atoms with E-state index in [9.17, 15) is 4.79 Å². The third-order valence-corrected chi connectivity index (χ3v) is 2.11. The summed E-state index contributed by atoms with van der Waals surface area (Å²) >= 11 is 0. The lowest BCUT2D eigenvalue weighted by Gasteiger charge is -2.03. The van der Waals surface area contributed by atoms with Crippen molar-refractivity contribution < 1.29 is 4.79 Å². The summed E-state index contributed by atoms with van der Waals surface area (Å²) in [5, 5.41) is 2.87. The van der Waals surface area contributed by atoms with Crippen LogP contribution in [0, 0.1) is 12.8 Å². The molecule has 0 unspecified atom stereocenters. The van der Waals surface area contributed by atoms with Crippen molar-refractivity contribution in [1.82, 2.24) is 4.98 Å². The first-order valence-electron chi connectivity index (χ1n) is 4.49. The highest BCUT2D eigenvalue weighted by atomic mass is 16.2. The zero-order chi connectivity index (χ0) is 9.26. The number of carbonyl (C=O) groups excluding carboxylic acids is 1. The Balaban J connectivity index is 2.04. The lowest BCUT2D eigenvalue weighted by Crippen LogP contribution is -2.13. The Morgan fingerprint density at radius 2 is 2.38 bits per heavy atom. The monoisotopic (exact) mass is 176 g/mol. The molecule has 1 saturated carbocycles. The molecule has 3 heteroatoms. The van der Waals surface area contributed by atoms with Gasteiger partial charge in [-0.25, -0.2) is 0 Å². The summed E-state index contributed by atoms with van der Waals surface area (Å²) in [5.41, 5.74) is 1.78. The zero-order valence-corrected chi connectivity index (χ0v) is 7.58. The lowest BCUT2D eigenvalue weighted by molar-refractivity contribution is -0.117. The van der Waals surface area contributed by atoms with Crippen LogP contribution in [0.4, 0.5) is 5.69 Å². The van der Waals surface area contributed by atoms with E-state index in [1.165, 1.54) is 0 Å². The Hall–Kier alpha value is -1.38. The van der Waals surface area contributed by atoms with Gasteiger partial charge in [0.1, 0.15) is 0 Å². The molecule has 1 N–H and O–H groups in total. The normalized spacial score (nSPS) is 15.5. The predicted molar refractivity (Wildman–Crippen MR) is 50.3 cm³/mol. The fourth-order valence-electron chi connectivity index (χ4n) is 1.21. The van der Waals surface area contributed by atoms with Crippen LogP contribution in [-0.4, -0.2) is 10.9 Å². The van der Waals surface area contributed by atoms with Gasteiger partial charge in [-0.05, 0) is 31.9 Å². The van der Waals surface area contributed by atoms with Crippen molar-refractivity contribution in [2.75, 3.05) is 5.32 Å². The van der Waals surface area contributed by atoms with Gasteiger partial charge in [0.15, 0.2) is 0 Å². The van der Waals surface area contributed by atoms with Crippen LogP contribution in [0.1, 0.15) is 18.5 Å². The molecule has 13 heavy (non-hydrogen) atoms. The largest absolute Gasteiger partial charge is 0.326 e. The molecule has 0 aromatic carbocycles. The summed E-state index contributed by atoms with van der Waals surface area (Å²) in [5.74, 6) is 0.402. The summed E-state index contributed by atoms with van der Waals surface area (Å²) in [6, 6.07) is 3.69. The first kappa shape index (κ1) is 8.23. The number of hydrogen-bond acceptors (Lipinski definition) is 2. The van der Waals surface area contributed by atoms with Crippen molar-refractivity contribution in [3.8, 4) is 0 Å². The highest BCUT2D eigenvalue weighted by Gasteiger charge is 2.29. The summed E-state index contributed by atoms with van der Waals surface area (Å²) in [6.45, 7) is 1.91. The Morgan fingerprint density at radius 3 is 3.00 bits per heavy atom. The van der Waals surface area contributed by atoms with Crippen LogP contribution in [0.25, 0.3) is 0 Å². The van der Waals surface area contributed by atoms with Gasteiger partial charge in [-0.1, -0.05) is 0 Å². The summed E-state index contributed by atoms with van der Waals surface area (Å²) in [7, 11) is 0. The van der Waals surface area contributed by atoms with E-state index in [1.54, 1.807) is 6.20 Å². The molecule has 1 aliphatic rings. The number of amides is 1. The second-order valence-corrected chi connectivity index (χ2v) is 3.45. The smallest absolute Gasteiger partial charge is 0.227 e. The molecule has 1 heterocycles. The number of rotatable bonds is 2. The third kappa shape index (κ3) is 2.05. The van der Waals surface area contributed by atoms with Crippen molar-refractivity contribution in [2.45, 2.75) is 19.8 Å². The summed E-state index contributed by atoms with van der Waals surface area (Å²) < 4.78 is 0. The number of nitrogens with one attached hydrogen (secondary N) is 1. The van der Waals surface area contributed by atoms with Gasteiger partial charge in [0.25, 0.3) is 0 Å². The van der Waals surface area contributed by atoms with Gasteiger partial charge < -0.3 is 5.32 Å². The number of aryl methyl sites for hydroxylation is 1. The van der Waals surface area contributed by atoms with Gasteiger partial charge >= 0.3 is 0 Å². The van der Waals surface area contributed by atoms with Gasteiger partial charge in [0.2, 0.25) is 5.91 Å². The molecule has 0 spiro atoms. The highest BCUT2D eigenvalue weighted by molar-refractivity contribution is 5.93. The minimum Gasteiger partial charge on any atom is -0.326 e.